The van der Waals surface area contributed by atoms with Crippen LogP contribution in [0.1, 0.15) is 51.9 Å². The number of hydrogen-bond donors (Lipinski definition) is 1. The van der Waals surface area contributed by atoms with E-state index >= 15 is 0 Å². The number of methoxy groups -OCH3 is 1. The van der Waals surface area contributed by atoms with E-state index in [1.165, 1.54) is 25.7 Å². The van der Waals surface area contributed by atoms with Gasteiger partial charge in [-0.25, -0.2) is 4.79 Å². The second kappa shape index (κ2) is 13.4. The molecule has 28 heavy (non-hydrogen) atoms. The average Bonchev–Trinajstić information content (AvgIpc) is 2.95. The topological polar surface area (TPSA) is 60.0 Å². The van der Waals surface area contributed by atoms with Gasteiger partial charge in [-0.1, -0.05) is 44.7 Å². The maximum absolute atomic E-state index is 12.5. The maximum Gasteiger partial charge on any atom is 0.412 e. The minimum absolute atomic E-state index is 0.291. The highest BCUT2D eigenvalue weighted by molar-refractivity contribution is 5.86. The summed E-state index contributed by atoms with van der Waals surface area (Å²) in [5.41, 5.74) is 0.634. The van der Waals surface area contributed by atoms with Gasteiger partial charge >= 0.3 is 6.09 Å². The first kappa shape index (κ1) is 22.5. The number of unbranched alkanes of at least 4 members (excludes halogenated alkanes) is 2. The summed E-state index contributed by atoms with van der Waals surface area (Å²) in [6.07, 6.45) is 7.48. The van der Waals surface area contributed by atoms with Gasteiger partial charge in [-0.15, -0.1) is 0 Å². The van der Waals surface area contributed by atoms with E-state index in [4.69, 9.17) is 14.2 Å². The molecular weight excluding hydrogens is 356 g/mol. The summed E-state index contributed by atoms with van der Waals surface area (Å²) in [6.45, 7) is 6.01. The monoisotopic (exact) mass is 392 g/mol. The molecule has 1 aliphatic heterocycles. The molecule has 6 nitrogen and oxygen atoms in total. The summed E-state index contributed by atoms with van der Waals surface area (Å²) in [5, 5.41) is 2.83. The Labute approximate surface area is 169 Å². The van der Waals surface area contributed by atoms with Crippen molar-refractivity contribution in [2.24, 2.45) is 0 Å². The van der Waals surface area contributed by atoms with Gasteiger partial charge in [-0.05, 0) is 44.5 Å². The molecule has 6 heteroatoms. The molecule has 1 aliphatic rings. The number of benzene rings is 1. The fraction of sp³-hybridized carbons (Fsp3) is 0.682. The molecule has 1 amide bonds. The predicted octanol–water partition coefficient (Wildman–Crippen LogP) is 4.70. The Hall–Kier alpha value is -1.79. The number of anilines is 1. The van der Waals surface area contributed by atoms with Gasteiger partial charge in [0, 0.05) is 13.7 Å². The van der Waals surface area contributed by atoms with E-state index in [9.17, 15) is 4.79 Å². The molecule has 2 rings (SSSR count). The number of rotatable bonds is 11. The molecule has 158 valence electrons. The van der Waals surface area contributed by atoms with Crippen LogP contribution in [-0.4, -0.2) is 57.1 Å². The van der Waals surface area contributed by atoms with Gasteiger partial charge in [0.15, 0.2) is 0 Å². The summed E-state index contributed by atoms with van der Waals surface area (Å²) in [5.74, 6) is 0.673. The van der Waals surface area contributed by atoms with Crippen LogP contribution in [0.5, 0.6) is 5.75 Å². The van der Waals surface area contributed by atoms with Gasteiger partial charge in [-0.2, -0.15) is 0 Å². The Morgan fingerprint density at radius 1 is 1.14 bits per heavy atom. The molecule has 1 heterocycles. The number of para-hydroxylation sites is 2. The second-order valence-electron chi connectivity index (χ2n) is 7.37. The van der Waals surface area contributed by atoms with Crippen molar-refractivity contribution < 1.29 is 19.0 Å². The van der Waals surface area contributed by atoms with Crippen LogP contribution < -0.4 is 10.1 Å². The molecule has 0 spiro atoms. The van der Waals surface area contributed by atoms with Crippen molar-refractivity contribution in [1.82, 2.24) is 4.90 Å². The van der Waals surface area contributed by atoms with Crippen molar-refractivity contribution in [1.29, 1.82) is 0 Å². The van der Waals surface area contributed by atoms with E-state index in [2.05, 4.69) is 17.1 Å². The number of ether oxygens (including phenoxy) is 3. The van der Waals surface area contributed by atoms with Gasteiger partial charge in [-0.3, -0.25) is 10.2 Å². The quantitative estimate of drug-likeness (QED) is 0.553. The Morgan fingerprint density at radius 3 is 2.61 bits per heavy atom. The average molecular weight is 393 g/mol. The molecule has 1 saturated heterocycles. The van der Waals surface area contributed by atoms with Crippen molar-refractivity contribution >= 4 is 11.8 Å². The van der Waals surface area contributed by atoms with E-state index in [0.717, 1.165) is 32.4 Å². The summed E-state index contributed by atoms with van der Waals surface area (Å²) in [4.78, 5) is 14.8. The molecule has 1 aromatic rings. The van der Waals surface area contributed by atoms with Crippen LogP contribution in [0.2, 0.25) is 0 Å². The normalized spacial score (nSPS) is 16.2. The van der Waals surface area contributed by atoms with Crippen LogP contribution in [0, 0.1) is 0 Å². The molecule has 0 aliphatic carbocycles. The van der Waals surface area contributed by atoms with E-state index in [1.54, 1.807) is 7.11 Å². The van der Waals surface area contributed by atoms with Crippen molar-refractivity contribution in [2.75, 3.05) is 45.3 Å². The van der Waals surface area contributed by atoms with Crippen molar-refractivity contribution in [3.63, 3.8) is 0 Å². The summed E-state index contributed by atoms with van der Waals surface area (Å²) in [6, 6.07) is 7.47. The van der Waals surface area contributed by atoms with Crippen LogP contribution in [0.15, 0.2) is 24.3 Å². The summed E-state index contributed by atoms with van der Waals surface area (Å²) in [7, 11) is 1.64. The fourth-order valence-corrected chi connectivity index (χ4v) is 3.44. The van der Waals surface area contributed by atoms with Gasteiger partial charge < -0.3 is 14.2 Å². The minimum Gasteiger partial charge on any atom is -0.491 e. The summed E-state index contributed by atoms with van der Waals surface area (Å²) >= 11 is 0. The third-order valence-corrected chi connectivity index (χ3v) is 4.92. The lowest BCUT2D eigenvalue weighted by Crippen LogP contribution is -2.39. The second-order valence-corrected chi connectivity index (χ2v) is 7.37. The van der Waals surface area contributed by atoms with Gasteiger partial charge in [0.25, 0.3) is 0 Å². The van der Waals surface area contributed by atoms with E-state index in [1.807, 2.05) is 24.3 Å². The van der Waals surface area contributed by atoms with E-state index in [0.29, 0.717) is 31.2 Å². The highest BCUT2D eigenvalue weighted by Gasteiger charge is 2.20. The zero-order chi connectivity index (χ0) is 20.0. The first-order chi connectivity index (χ1) is 13.7. The standard InChI is InChI=1S/C22H36N2O4/c1-3-4-11-16-27-21-13-8-7-12-20(21)23-22(25)28-19(18-26-2)17-24-14-9-5-6-10-15-24/h7-8,12-13,19H,3-6,9-11,14-18H2,1-2H3,(H,23,25). The van der Waals surface area contributed by atoms with Crippen LogP contribution in [0.25, 0.3) is 0 Å². The lowest BCUT2D eigenvalue weighted by molar-refractivity contribution is 0.0250. The number of likely N-dealkylation sites (tertiary alicyclic amines) is 1. The molecule has 1 N–H and O–H groups in total. The van der Waals surface area contributed by atoms with Gasteiger partial charge in [0.2, 0.25) is 0 Å². The smallest absolute Gasteiger partial charge is 0.412 e. The molecule has 0 aromatic heterocycles. The number of nitrogens with one attached hydrogen (secondary N) is 1. The minimum atomic E-state index is -0.471. The van der Waals surface area contributed by atoms with Crippen molar-refractivity contribution in [3.8, 4) is 5.75 Å². The van der Waals surface area contributed by atoms with Gasteiger partial charge in [0.05, 0.1) is 18.9 Å². The highest BCUT2D eigenvalue weighted by Crippen LogP contribution is 2.24. The molecule has 0 saturated carbocycles. The largest absolute Gasteiger partial charge is 0.491 e. The zero-order valence-corrected chi connectivity index (χ0v) is 17.5. The first-order valence-corrected chi connectivity index (χ1v) is 10.6. The lowest BCUT2D eigenvalue weighted by atomic mass is 10.2. The van der Waals surface area contributed by atoms with Gasteiger partial charge in [0.1, 0.15) is 11.9 Å². The van der Waals surface area contributed by atoms with Crippen molar-refractivity contribution in [3.05, 3.63) is 24.3 Å². The highest BCUT2D eigenvalue weighted by atomic mass is 16.6. The molecular formula is C22H36N2O4. The third kappa shape index (κ3) is 8.48. The Kier molecular flexibility index (Phi) is 10.8. The third-order valence-electron chi connectivity index (χ3n) is 4.92. The van der Waals surface area contributed by atoms with Crippen LogP contribution in [0.3, 0.4) is 0 Å². The van der Waals surface area contributed by atoms with E-state index < -0.39 is 6.09 Å². The molecule has 1 unspecified atom stereocenters. The van der Waals surface area contributed by atoms with Crippen molar-refractivity contribution in [2.45, 2.75) is 58.0 Å². The Balaban J connectivity index is 1.87. The Morgan fingerprint density at radius 2 is 1.89 bits per heavy atom. The number of hydrogen-bond acceptors (Lipinski definition) is 5. The number of amides is 1. The summed E-state index contributed by atoms with van der Waals surface area (Å²) < 4.78 is 16.8. The molecule has 1 fully saturated rings. The number of nitrogens with zero attached hydrogens (tertiary/aromatic N) is 1. The molecule has 1 atom stereocenters. The SMILES string of the molecule is CCCCCOc1ccccc1NC(=O)OC(COC)CN1CCCCCC1. The predicted molar refractivity (Wildman–Crippen MR) is 112 cm³/mol. The Bertz CT molecular complexity index is 559. The maximum atomic E-state index is 12.5. The van der Waals surface area contributed by atoms with E-state index in [-0.39, 0.29) is 6.10 Å². The molecule has 0 radical (unpaired) electrons. The molecule has 0 bridgehead atoms. The zero-order valence-electron chi connectivity index (χ0n) is 17.5. The lowest BCUT2D eigenvalue weighted by Gasteiger charge is -2.26. The first-order valence-electron chi connectivity index (χ1n) is 10.6. The van der Waals surface area contributed by atoms with Crippen LogP contribution in [0.4, 0.5) is 10.5 Å². The number of carbonyl (C=O) groups is 1. The van der Waals surface area contributed by atoms with Crippen LogP contribution >= 0.6 is 0 Å². The van der Waals surface area contributed by atoms with Crippen LogP contribution in [-0.2, 0) is 9.47 Å². The number of carbonyl (C=O) groups excluding carboxylic acids is 1. The fourth-order valence-electron chi connectivity index (χ4n) is 3.44. The molecule has 1 aromatic carbocycles.